The molecule has 0 fully saturated rings. The Balaban J connectivity index is 1.36. The van der Waals surface area contributed by atoms with E-state index >= 15 is 0 Å². The quantitative estimate of drug-likeness (QED) is 0.165. The lowest BCUT2D eigenvalue weighted by Crippen LogP contribution is -1.91. The Morgan fingerprint density at radius 3 is 1.27 bits per heavy atom. The molecule has 10 aromatic carbocycles. The van der Waals surface area contributed by atoms with Crippen molar-refractivity contribution < 1.29 is 0 Å². The summed E-state index contributed by atoms with van der Waals surface area (Å²) in [5, 5.41) is 19.8. The molecule has 1 heteroatoms. The van der Waals surface area contributed by atoms with Gasteiger partial charge in [-0.25, -0.2) is 0 Å². The Hall–Kier alpha value is -6.20. The van der Waals surface area contributed by atoms with Crippen LogP contribution in [-0.4, -0.2) is 0 Å². The number of rotatable bonds is 3. The van der Waals surface area contributed by atoms with E-state index in [-0.39, 0.29) is 0 Å². The molecule has 0 aliphatic carbocycles. The highest BCUT2D eigenvalue weighted by atomic mass is 31.1. The van der Waals surface area contributed by atoms with Gasteiger partial charge in [-0.2, -0.15) is 0 Å². The molecule has 0 aliphatic rings. The molecule has 0 bridgehead atoms. The Morgan fingerprint density at radius 1 is 0.255 bits per heavy atom. The zero-order chi connectivity index (χ0) is 33.5. The van der Waals surface area contributed by atoms with Crippen LogP contribution in [-0.2, 0) is 0 Å². The van der Waals surface area contributed by atoms with Crippen molar-refractivity contribution in [2.24, 2.45) is 0 Å². The highest BCUT2D eigenvalue weighted by Crippen LogP contribution is 2.58. The summed E-state index contributed by atoms with van der Waals surface area (Å²) in [6, 6.07) is 70.6. The summed E-state index contributed by atoms with van der Waals surface area (Å²) in [6.45, 7) is 0. The zero-order valence-corrected chi connectivity index (χ0v) is 28.7. The van der Waals surface area contributed by atoms with Crippen molar-refractivity contribution in [2.45, 2.75) is 0 Å². The third kappa shape index (κ3) is 4.41. The first-order chi connectivity index (χ1) is 25.3. The van der Waals surface area contributed by atoms with E-state index in [0.717, 1.165) is 0 Å². The predicted molar refractivity (Wildman–Crippen MR) is 224 cm³/mol. The van der Waals surface area contributed by atoms with Crippen molar-refractivity contribution in [1.82, 2.24) is 0 Å². The fourth-order valence-electron chi connectivity index (χ4n) is 8.54. The molecule has 236 valence electrons. The van der Waals surface area contributed by atoms with E-state index in [1.807, 2.05) is 0 Å². The van der Waals surface area contributed by atoms with Crippen LogP contribution in [0.4, 0.5) is 0 Å². The molecule has 1 atom stereocenters. The summed E-state index contributed by atoms with van der Waals surface area (Å²) in [4.78, 5) is 0. The first-order valence-electron chi connectivity index (χ1n) is 17.7. The van der Waals surface area contributed by atoms with E-state index in [4.69, 9.17) is 0 Å². The molecule has 0 nitrogen and oxygen atoms in total. The average molecular weight is 663 g/mol. The first kappa shape index (κ1) is 28.6. The summed E-state index contributed by atoms with van der Waals surface area (Å²) < 4.78 is 0. The van der Waals surface area contributed by atoms with E-state index in [9.17, 15) is 0 Å². The number of benzene rings is 10. The van der Waals surface area contributed by atoms with Gasteiger partial charge in [0.15, 0.2) is 0 Å². The van der Waals surface area contributed by atoms with Gasteiger partial charge in [0.1, 0.15) is 0 Å². The van der Waals surface area contributed by atoms with E-state index in [1.54, 1.807) is 0 Å². The lowest BCUT2D eigenvalue weighted by Gasteiger charge is -2.19. The molecule has 0 aliphatic heterocycles. The Labute approximate surface area is 296 Å². The summed E-state index contributed by atoms with van der Waals surface area (Å²) in [5.74, 6) is 0. The summed E-state index contributed by atoms with van der Waals surface area (Å²) in [5.41, 5.74) is 5.12. The van der Waals surface area contributed by atoms with Crippen molar-refractivity contribution in [3.63, 3.8) is 0 Å². The van der Waals surface area contributed by atoms with Gasteiger partial charge in [-0.15, -0.1) is 0 Å². The number of hydrogen-bond donors (Lipinski definition) is 0. The predicted octanol–water partition coefficient (Wildman–Crippen LogP) is 15.1. The van der Waals surface area contributed by atoms with Crippen molar-refractivity contribution in [2.75, 3.05) is 0 Å². The fourth-order valence-corrected chi connectivity index (χ4v) is 11.2. The van der Waals surface area contributed by atoms with E-state index in [0.29, 0.717) is 0 Å². The highest BCUT2D eigenvalue weighted by molar-refractivity contribution is 7.68. The SMILES string of the molecule is c1ccc(-p2c3cc4ccccc4cc3c3cc4c(-c5ccc6ccccc6c5)c5ccccc5c(-c5ccc6ccccc6c5)c4cc32)cc1. The smallest absolute Gasteiger partial charge is 0.00749 e. The van der Waals surface area contributed by atoms with Gasteiger partial charge >= 0.3 is 0 Å². The minimum Gasteiger partial charge on any atom is -0.0772 e. The first-order valence-corrected chi connectivity index (χ1v) is 19.0. The Bertz CT molecular complexity index is 3180. The van der Waals surface area contributed by atoms with Gasteiger partial charge in [0.25, 0.3) is 0 Å². The van der Waals surface area contributed by atoms with E-state index in [1.165, 1.54) is 102 Å². The molecule has 0 amide bonds. The second-order valence-electron chi connectivity index (χ2n) is 13.7. The molecule has 0 N–H and O–H groups in total. The standard InChI is InChI=1S/C50H31P/c1-2-18-40(19-3-1)51-47-29-37-17-9-8-16-36(37)28-43(47)44-30-45-46(31-48(44)51)50(39-25-23-33-13-5-7-15-35(33)27-39)42-21-11-10-20-41(42)49(45)38-24-22-32-12-4-6-14-34(32)26-38/h1-31H. The average Bonchev–Trinajstić information content (AvgIpc) is 3.50. The van der Waals surface area contributed by atoms with Crippen LogP contribution in [0.15, 0.2) is 188 Å². The van der Waals surface area contributed by atoms with Crippen LogP contribution in [0.25, 0.3) is 102 Å². The summed E-state index contributed by atoms with van der Waals surface area (Å²) in [7, 11) is -0.759. The van der Waals surface area contributed by atoms with Gasteiger partial charge in [-0.05, 0) is 129 Å². The zero-order valence-electron chi connectivity index (χ0n) is 27.8. The van der Waals surface area contributed by atoms with Crippen molar-refractivity contribution in [1.29, 1.82) is 0 Å². The molecular weight excluding hydrogens is 632 g/mol. The van der Waals surface area contributed by atoms with Crippen LogP contribution in [0.1, 0.15) is 0 Å². The van der Waals surface area contributed by atoms with E-state index in [2.05, 4.69) is 188 Å². The van der Waals surface area contributed by atoms with Gasteiger partial charge in [0.2, 0.25) is 0 Å². The fraction of sp³-hybridized carbons (Fsp3) is 0. The van der Waals surface area contributed by atoms with Gasteiger partial charge in [0.05, 0.1) is 0 Å². The molecule has 0 radical (unpaired) electrons. The van der Waals surface area contributed by atoms with Crippen molar-refractivity contribution in [3.8, 4) is 27.6 Å². The maximum absolute atomic E-state index is 2.58. The van der Waals surface area contributed by atoms with Crippen LogP contribution >= 0.6 is 7.53 Å². The normalized spacial score (nSPS) is 12.3. The molecular formula is C50H31P. The minimum atomic E-state index is -0.759. The van der Waals surface area contributed by atoms with Crippen LogP contribution in [0, 0.1) is 0 Å². The Morgan fingerprint density at radius 2 is 0.686 bits per heavy atom. The number of fused-ring (bicyclic) bond motifs is 8. The molecule has 1 heterocycles. The van der Waals surface area contributed by atoms with Crippen molar-refractivity contribution >= 4 is 82.4 Å². The van der Waals surface area contributed by atoms with Gasteiger partial charge in [-0.3, -0.25) is 0 Å². The van der Waals surface area contributed by atoms with Crippen LogP contribution in [0.2, 0.25) is 0 Å². The third-order valence-corrected chi connectivity index (χ3v) is 13.4. The monoisotopic (exact) mass is 662 g/mol. The van der Waals surface area contributed by atoms with Crippen molar-refractivity contribution in [3.05, 3.63) is 188 Å². The summed E-state index contributed by atoms with van der Waals surface area (Å²) >= 11 is 0. The minimum absolute atomic E-state index is 0.759. The molecule has 11 aromatic rings. The van der Waals surface area contributed by atoms with Gasteiger partial charge < -0.3 is 0 Å². The van der Waals surface area contributed by atoms with E-state index < -0.39 is 7.53 Å². The molecule has 11 rings (SSSR count). The molecule has 0 saturated heterocycles. The third-order valence-electron chi connectivity index (χ3n) is 10.9. The topological polar surface area (TPSA) is 0 Å². The van der Waals surface area contributed by atoms with Crippen LogP contribution in [0.5, 0.6) is 0 Å². The highest BCUT2D eigenvalue weighted by Gasteiger charge is 2.22. The largest absolute Gasteiger partial charge is 0.0772 e. The van der Waals surface area contributed by atoms with Gasteiger partial charge in [-0.1, -0.05) is 159 Å². The molecule has 1 aromatic heterocycles. The molecule has 1 unspecified atom stereocenters. The van der Waals surface area contributed by atoms with Crippen LogP contribution < -0.4 is 0 Å². The Kier molecular flexibility index (Phi) is 6.26. The molecule has 0 spiro atoms. The lowest BCUT2D eigenvalue weighted by atomic mass is 9.84. The van der Waals surface area contributed by atoms with Crippen LogP contribution in [0.3, 0.4) is 0 Å². The second kappa shape index (κ2) is 11.2. The maximum Gasteiger partial charge on any atom is 0.00749 e. The molecule has 51 heavy (non-hydrogen) atoms. The lowest BCUT2D eigenvalue weighted by molar-refractivity contribution is 1.69. The summed E-state index contributed by atoms with van der Waals surface area (Å²) in [6.07, 6.45) is 0. The molecule has 0 saturated carbocycles. The maximum atomic E-state index is 2.58. The number of hydrogen-bond acceptors (Lipinski definition) is 0. The van der Waals surface area contributed by atoms with Gasteiger partial charge in [0, 0.05) is 10.2 Å². The second-order valence-corrected chi connectivity index (χ2v) is 15.9.